The van der Waals surface area contributed by atoms with E-state index in [2.05, 4.69) is 10.2 Å². The van der Waals surface area contributed by atoms with Crippen LogP contribution in [0.1, 0.15) is 22.2 Å². The van der Waals surface area contributed by atoms with Gasteiger partial charge in [-0.2, -0.15) is 0 Å². The lowest BCUT2D eigenvalue weighted by Gasteiger charge is -2.22. The first-order chi connectivity index (χ1) is 13.9. The second kappa shape index (κ2) is 7.59. The number of aryl methyl sites for hydroxylation is 1. The molecule has 4 rings (SSSR count). The maximum atomic E-state index is 12.9. The molecule has 2 aromatic carbocycles. The molecule has 1 N–H and O–H groups in total. The molecule has 6 nitrogen and oxygen atoms in total. The Balaban J connectivity index is 1.97. The molecule has 1 aliphatic rings. The van der Waals surface area contributed by atoms with Gasteiger partial charge in [-0.3, -0.25) is 14.5 Å². The number of hydrogen-bond donors (Lipinski definition) is 1. The Morgan fingerprint density at radius 1 is 1.07 bits per heavy atom. The number of aliphatic hydroxyl groups excluding tert-OH is 1. The monoisotopic (exact) mass is 445 g/mol. The van der Waals surface area contributed by atoms with Crippen LogP contribution in [0.3, 0.4) is 0 Å². The first-order valence-electron chi connectivity index (χ1n) is 8.50. The number of aliphatic hydroxyl groups is 1. The van der Waals surface area contributed by atoms with Crippen LogP contribution in [-0.4, -0.2) is 27.0 Å². The van der Waals surface area contributed by atoms with Gasteiger partial charge in [0.05, 0.1) is 21.7 Å². The van der Waals surface area contributed by atoms with Crippen LogP contribution in [0.4, 0.5) is 5.13 Å². The molecule has 0 radical (unpaired) electrons. The molecule has 1 amide bonds. The predicted octanol–water partition coefficient (Wildman–Crippen LogP) is 4.78. The summed E-state index contributed by atoms with van der Waals surface area (Å²) in [5.74, 6) is -1.88. The van der Waals surface area contributed by atoms with Crippen LogP contribution < -0.4 is 4.90 Å². The molecule has 1 fully saturated rings. The van der Waals surface area contributed by atoms with Crippen molar-refractivity contribution >= 4 is 57.1 Å². The number of hydrogen-bond acceptors (Lipinski definition) is 6. The summed E-state index contributed by atoms with van der Waals surface area (Å²) in [6.45, 7) is 1.75. The van der Waals surface area contributed by atoms with Gasteiger partial charge in [0.1, 0.15) is 10.8 Å². The summed E-state index contributed by atoms with van der Waals surface area (Å²) in [4.78, 5) is 27.1. The highest BCUT2D eigenvalue weighted by atomic mass is 35.5. The number of nitrogens with zero attached hydrogens (tertiary/aromatic N) is 3. The highest BCUT2D eigenvalue weighted by Crippen LogP contribution is 2.43. The molecule has 0 spiro atoms. The van der Waals surface area contributed by atoms with Crippen molar-refractivity contribution in [3.63, 3.8) is 0 Å². The Morgan fingerprint density at radius 3 is 2.41 bits per heavy atom. The van der Waals surface area contributed by atoms with Gasteiger partial charge < -0.3 is 5.11 Å². The molecule has 1 saturated heterocycles. The van der Waals surface area contributed by atoms with Crippen molar-refractivity contribution in [3.05, 3.63) is 80.3 Å². The van der Waals surface area contributed by atoms with Crippen molar-refractivity contribution in [1.82, 2.24) is 10.2 Å². The van der Waals surface area contributed by atoms with Crippen molar-refractivity contribution in [2.45, 2.75) is 13.0 Å². The van der Waals surface area contributed by atoms with Crippen LogP contribution in [0.2, 0.25) is 10.0 Å². The lowest BCUT2D eigenvalue weighted by atomic mass is 9.95. The van der Waals surface area contributed by atoms with E-state index in [4.69, 9.17) is 23.2 Å². The van der Waals surface area contributed by atoms with E-state index in [-0.39, 0.29) is 21.5 Å². The molecule has 146 valence electrons. The van der Waals surface area contributed by atoms with E-state index in [0.29, 0.717) is 21.2 Å². The maximum absolute atomic E-state index is 12.9. The third-order valence-corrected chi connectivity index (χ3v) is 6.05. The molecule has 0 unspecified atom stereocenters. The summed E-state index contributed by atoms with van der Waals surface area (Å²) in [6, 6.07) is 12.4. The van der Waals surface area contributed by atoms with Gasteiger partial charge in [0.15, 0.2) is 0 Å². The minimum Gasteiger partial charge on any atom is -0.507 e. The number of carbonyl (C=O) groups excluding carboxylic acids is 2. The Labute approximate surface area is 180 Å². The number of anilines is 1. The Hall–Kier alpha value is -2.74. The molecule has 2 heterocycles. The van der Waals surface area contributed by atoms with Gasteiger partial charge in [-0.15, -0.1) is 10.2 Å². The largest absolute Gasteiger partial charge is 0.507 e. The second-order valence-corrected chi connectivity index (χ2v) is 8.29. The molecular weight excluding hydrogens is 433 g/mol. The first kappa shape index (κ1) is 19.6. The zero-order chi connectivity index (χ0) is 20.7. The first-order valence-corrected chi connectivity index (χ1v) is 10.1. The molecule has 9 heteroatoms. The second-order valence-electron chi connectivity index (χ2n) is 6.31. The van der Waals surface area contributed by atoms with Crippen LogP contribution in [0.5, 0.6) is 0 Å². The van der Waals surface area contributed by atoms with E-state index < -0.39 is 17.7 Å². The summed E-state index contributed by atoms with van der Waals surface area (Å²) < 4.78 is 0. The van der Waals surface area contributed by atoms with Gasteiger partial charge >= 0.3 is 5.91 Å². The molecular formula is C20H13Cl2N3O3S. The van der Waals surface area contributed by atoms with E-state index in [1.54, 1.807) is 55.5 Å². The molecule has 0 bridgehead atoms. The van der Waals surface area contributed by atoms with Crippen molar-refractivity contribution in [1.29, 1.82) is 0 Å². The van der Waals surface area contributed by atoms with Gasteiger partial charge in [-0.1, -0.05) is 70.9 Å². The Bertz CT molecular complexity index is 1160. The highest BCUT2D eigenvalue weighted by Gasteiger charge is 2.48. The van der Waals surface area contributed by atoms with Crippen LogP contribution in [0.25, 0.3) is 5.76 Å². The fourth-order valence-electron chi connectivity index (χ4n) is 3.16. The van der Waals surface area contributed by atoms with E-state index in [9.17, 15) is 14.7 Å². The van der Waals surface area contributed by atoms with Crippen LogP contribution in [0.15, 0.2) is 54.1 Å². The fourth-order valence-corrected chi connectivity index (χ4v) is 4.18. The van der Waals surface area contributed by atoms with E-state index in [1.807, 2.05) is 0 Å². The van der Waals surface area contributed by atoms with Gasteiger partial charge in [0.25, 0.3) is 5.78 Å². The standard InChI is InChI=1S/C20H13Cl2N3O3S/c1-10-23-24-20(29-10)25-16(12-7-8-13(21)14(22)9-12)15(18(27)19(25)28)17(26)11-5-3-2-4-6-11/h2-9,16,26H,1H3/b17-15+/t16-/m0/s1. The zero-order valence-electron chi connectivity index (χ0n) is 15.0. The van der Waals surface area contributed by atoms with Crippen molar-refractivity contribution in [2.75, 3.05) is 4.90 Å². The minimum absolute atomic E-state index is 0.0487. The predicted molar refractivity (Wildman–Crippen MR) is 112 cm³/mol. The number of carbonyl (C=O) groups is 2. The molecule has 1 aromatic heterocycles. The summed E-state index contributed by atoms with van der Waals surface area (Å²) in [5.41, 5.74) is 0.889. The number of rotatable bonds is 3. The van der Waals surface area contributed by atoms with Gasteiger partial charge in [-0.05, 0) is 24.6 Å². The van der Waals surface area contributed by atoms with Crippen molar-refractivity contribution < 1.29 is 14.7 Å². The zero-order valence-corrected chi connectivity index (χ0v) is 17.3. The molecule has 1 atom stereocenters. The highest BCUT2D eigenvalue weighted by molar-refractivity contribution is 7.15. The summed E-state index contributed by atoms with van der Waals surface area (Å²) >= 11 is 13.4. The lowest BCUT2D eigenvalue weighted by molar-refractivity contribution is -0.132. The number of ketones is 1. The average molecular weight is 446 g/mol. The van der Waals surface area contributed by atoms with E-state index in [0.717, 1.165) is 0 Å². The molecule has 3 aromatic rings. The average Bonchev–Trinajstić information content (AvgIpc) is 3.25. The van der Waals surface area contributed by atoms with Crippen LogP contribution >= 0.6 is 34.5 Å². The lowest BCUT2D eigenvalue weighted by Crippen LogP contribution is -2.29. The third-order valence-electron chi connectivity index (χ3n) is 4.47. The maximum Gasteiger partial charge on any atom is 0.301 e. The van der Waals surface area contributed by atoms with E-state index >= 15 is 0 Å². The van der Waals surface area contributed by atoms with Crippen LogP contribution in [-0.2, 0) is 9.59 Å². The number of amides is 1. The molecule has 29 heavy (non-hydrogen) atoms. The minimum atomic E-state index is -0.919. The molecule has 0 aliphatic carbocycles. The number of halogens is 2. The van der Waals surface area contributed by atoms with Gasteiger partial charge in [-0.25, -0.2) is 0 Å². The van der Waals surface area contributed by atoms with Gasteiger partial charge in [0, 0.05) is 5.56 Å². The van der Waals surface area contributed by atoms with Gasteiger partial charge in [0.2, 0.25) is 5.13 Å². The molecule has 1 aliphatic heterocycles. The van der Waals surface area contributed by atoms with E-state index in [1.165, 1.54) is 16.2 Å². The number of benzene rings is 2. The number of Topliss-reactive ketones (excluding diaryl/α,β-unsaturated/α-hetero) is 1. The number of aromatic nitrogens is 2. The van der Waals surface area contributed by atoms with Crippen molar-refractivity contribution in [2.24, 2.45) is 0 Å². The fraction of sp³-hybridized carbons (Fsp3) is 0.100. The summed E-state index contributed by atoms with van der Waals surface area (Å²) in [7, 11) is 0. The smallest absolute Gasteiger partial charge is 0.301 e. The summed E-state index contributed by atoms with van der Waals surface area (Å²) in [6.07, 6.45) is 0. The topological polar surface area (TPSA) is 83.4 Å². The van der Waals surface area contributed by atoms with Crippen molar-refractivity contribution in [3.8, 4) is 0 Å². The summed E-state index contributed by atoms with van der Waals surface area (Å²) in [5, 5.41) is 20.4. The van der Waals surface area contributed by atoms with Crippen LogP contribution in [0, 0.1) is 6.92 Å². The Morgan fingerprint density at radius 2 is 1.79 bits per heavy atom. The SMILES string of the molecule is Cc1nnc(N2C(=O)C(=O)/C(=C(/O)c3ccccc3)[C@@H]2c2ccc(Cl)c(Cl)c2)s1. The quantitative estimate of drug-likeness (QED) is 0.356. The molecule has 0 saturated carbocycles. The normalized spacial score (nSPS) is 18.4. The Kier molecular flexibility index (Phi) is 5.12. The third kappa shape index (κ3) is 3.42.